The molecule has 7 atom stereocenters. The maximum absolute atomic E-state index is 12.9. The predicted octanol–water partition coefficient (Wildman–Crippen LogP) is 11.1. The lowest BCUT2D eigenvalue weighted by Gasteiger charge is -2.40. The molecule has 358 valence electrons. The Morgan fingerprint density at radius 1 is 0.556 bits per heavy atom. The smallest absolute Gasteiger partial charge is 0.220 e. The molecule has 0 aromatic carbocycles. The van der Waals surface area contributed by atoms with Gasteiger partial charge in [0.2, 0.25) is 5.91 Å². The second-order valence-electron chi connectivity index (χ2n) is 16.5. The standard InChI is InChI=1S/C54H89NO8/c1-3-5-7-9-10-11-12-13-14-15-16-17-18-19-20-21-22-23-24-25-26-27-28-29-30-31-32-33-34-35-36-37-38-40-42-44-50(58)55-47(48(57)43-41-39-8-6-4-2)46-62-54-53(61)52(60)51(59)49(45-56)63-54/h5,7,10-11,13-14,16-17,19-20,22-23,25-26,28-29,31-32,47-49,51-54,56-57,59-61H,3-4,6,8-9,12,15,18,21,24,27,30,33-46H2,1-2H3,(H,55,58)/b7-5-,11-10-,14-13-,17-16-,20-19-,23-22-,26-25-,29-28-,32-31-. The van der Waals surface area contributed by atoms with Gasteiger partial charge in [-0.2, -0.15) is 0 Å². The minimum atomic E-state index is -1.56. The molecule has 0 bridgehead atoms. The summed E-state index contributed by atoms with van der Waals surface area (Å²) in [5, 5.41) is 53.9. The van der Waals surface area contributed by atoms with Crippen molar-refractivity contribution >= 4 is 5.91 Å². The van der Waals surface area contributed by atoms with Gasteiger partial charge in [0.15, 0.2) is 6.29 Å². The molecule has 7 unspecified atom stereocenters. The number of carbonyl (C=O) groups is 1. The Labute approximate surface area is 383 Å². The Morgan fingerprint density at radius 3 is 1.46 bits per heavy atom. The summed E-state index contributed by atoms with van der Waals surface area (Å²) in [6.45, 7) is 3.59. The van der Waals surface area contributed by atoms with Gasteiger partial charge in [0.05, 0.1) is 25.4 Å². The summed E-state index contributed by atoms with van der Waals surface area (Å²) in [7, 11) is 0. The van der Waals surface area contributed by atoms with Crippen LogP contribution in [-0.2, 0) is 14.3 Å². The molecule has 0 spiro atoms. The second kappa shape index (κ2) is 42.8. The van der Waals surface area contributed by atoms with Gasteiger partial charge in [0.1, 0.15) is 24.4 Å². The van der Waals surface area contributed by atoms with Crippen LogP contribution in [0.15, 0.2) is 109 Å². The lowest BCUT2D eigenvalue weighted by molar-refractivity contribution is -0.302. The molecule has 6 N–H and O–H groups in total. The van der Waals surface area contributed by atoms with Crippen molar-refractivity contribution in [1.82, 2.24) is 5.32 Å². The van der Waals surface area contributed by atoms with Crippen molar-refractivity contribution in [2.24, 2.45) is 0 Å². The number of rotatable bonds is 39. The van der Waals surface area contributed by atoms with Gasteiger partial charge in [-0.05, 0) is 83.5 Å². The fourth-order valence-electron chi connectivity index (χ4n) is 6.97. The number of hydrogen-bond acceptors (Lipinski definition) is 8. The molecule has 1 rings (SSSR count). The molecule has 0 saturated carbocycles. The molecular formula is C54H89NO8. The fraction of sp³-hybridized carbons (Fsp3) is 0.648. The first-order valence-electron chi connectivity index (χ1n) is 24.6. The highest BCUT2D eigenvalue weighted by Crippen LogP contribution is 2.23. The number of ether oxygens (including phenoxy) is 2. The first-order chi connectivity index (χ1) is 30.8. The molecule has 1 heterocycles. The van der Waals surface area contributed by atoms with Crippen molar-refractivity contribution in [3.05, 3.63) is 109 Å². The normalized spacial score (nSPS) is 21.2. The van der Waals surface area contributed by atoms with Gasteiger partial charge >= 0.3 is 0 Å². The molecule has 9 heteroatoms. The molecule has 0 radical (unpaired) electrons. The molecule has 0 aromatic rings. The summed E-state index contributed by atoms with van der Waals surface area (Å²) in [5.41, 5.74) is 0. The quantitative estimate of drug-likeness (QED) is 0.0264. The van der Waals surface area contributed by atoms with E-state index in [1.54, 1.807) is 0 Å². The molecule has 1 aliphatic rings. The van der Waals surface area contributed by atoms with Crippen molar-refractivity contribution in [2.45, 2.75) is 211 Å². The van der Waals surface area contributed by atoms with E-state index < -0.39 is 49.5 Å². The lowest BCUT2D eigenvalue weighted by Crippen LogP contribution is -2.60. The molecule has 9 nitrogen and oxygen atoms in total. The Kier molecular flexibility index (Phi) is 39.3. The molecule has 1 amide bonds. The van der Waals surface area contributed by atoms with E-state index in [9.17, 15) is 30.3 Å². The van der Waals surface area contributed by atoms with Crippen LogP contribution in [0.3, 0.4) is 0 Å². The summed E-state index contributed by atoms with van der Waals surface area (Å²) >= 11 is 0. The van der Waals surface area contributed by atoms with E-state index in [4.69, 9.17) is 9.47 Å². The van der Waals surface area contributed by atoms with Gasteiger partial charge in [-0.25, -0.2) is 0 Å². The number of amides is 1. The van der Waals surface area contributed by atoms with E-state index in [0.717, 1.165) is 122 Å². The molecular weight excluding hydrogens is 791 g/mol. The Balaban J connectivity index is 2.11. The second-order valence-corrected chi connectivity index (χ2v) is 16.5. The zero-order chi connectivity index (χ0) is 45.9. The molecule has 0 aliphatic carbocycles. The maximum atomic E-state index is 12.9. The van der Waals surface area contributed by atoms with Crippen LogP contribution >= 0.6 is 0 Å². The minimum Gasteiger partial charge on any atom is -0.394 e. The average Bonchev–Trinajstić information content (AvgIpc) is 3.28. The highest BCUT2D eigenvalue weighted by molar-refractivity contribution is 5.76. The largest absolute Gasteiger partial charge is 0.394 e. The van der Waals surface area contributed by atoms with Crippen LogP contribution in [0.5, 0.6) is 0 Å². The van der Waals surface area contributed by atoms with Crippen molar-refractivity contribution in [3.8, 4) is 0 Å². The van der Waals surface area contributed by atoms with Crippen LogP contribution in [0.2, 0.25) is 0 Å². The number of aliphatic hydroxyl groups is 5. The van der Waals surface area contributed by atoms with Gasteiger partial charge < -0.3 is 40.3 Å². The molecule has 1 aliphatic heterocycles. The van der Waals surface area contributed by atoms with E-state index in [-0.39, 0.29) is 12.5 Å². The van der Waals surface area contributed by atoms with Gasteiger partial charge in [-0.15, -0.1) is 0 Å². The number of carbonyl (C=O) groups excluding carboxylic acids is 1. The van der Waals surface area contributed by atoms with E-state index in [0.29, 0.717) is 12.8 Å². The first-order valence-corrected chi connectivity index (χ1v) is 24.6. The number of allylic oxidation sites excluding steroid dienone is 18. The lowest BCUT2D eigenvalue weighted by atomic mass is 9.99. The van der Waals surface area contributed by atoms with Crippen LogP contribution in [0.25, 0.3) is 0 Å². The monoisotopic (exact) mass is 880 g/mol. The molecule has 0 aromatic heterocycles. The van der Waals surface area contributed by atoms with Gasteiger partial charge in [0, 0.05) is 6.42 Å². The van der Waals surface area contributed by atoms with Gasteiger partial charge in [0.25, 0.3) is 0 Å². The van der Waals surface area contributed by atoms with Crippen LogP contribution in [-0.4, -0.2) is 87.5 Å². The summed E-state index contributed by atoms with van der Waals surface area (Å²) in [6, 6.07) is -0.728. The maximum Gasteiger partial charge on any atom is 0.220 e. The number of aliphatic hydroxyl groups excluding tert-OH is 5. The highest BCUT2D eigenvalue weighted by atomic mass is 16.7. The van der Waals surface area contributed by atoms with Crippen molar-refractivity contribution in [3.63, 3.8) is 0 Å². The third kappa shape index (κ3) is 33.1. The van der Waals surface area contributed by atoms with Gasteiger partial charge in [-0.3, -0.25) is 4.79 Å². The van der Waals surface area contributed by atoms with Crippen molar-refractivity contribution in [2.75, 3.05) is 13.2 Å². The Hall–Kier alpha value is -3.15. The SMILES string of the molecule is CC/C=C\C/C=C\C/C=C\C/C=C\C/C=C\C/C=C\C/C=C\C/C=C\C/C=C\CCCCCCCCCC(=O)NC(COC1OC(CO)C(O)C(O)C1O)C(O)CCCCCCC. The fourth-order valence-corrected chi connectivity index (χ4v) is 6.97. The van der Waals surface area contributed by atoms with Gasteiger partial charge in [-0.1, -0.05) is 187 Å². The van der Waals surface area contributed by atoms with E-state index in [2.05, 4.69) is 129 Å². The molecule has 1 saturated heterocycles. The van der Waals surface area contributed by atoms with Crippen molar-refractivity contribution < 1.29 is 39.8 Å². The molecule has 63 heavy (non-hydrogen) atoms. The third-order valence-electron chi connectivity index (χ3n) is 10.9. The van der Waals surface area contributed by atoms with E-state index in [1.807, 2.05) is 0 Å². The summed E-state index contributed by atoms with van der Waals surface area (Å²) < 4.78 is 11.2. The summed E-state index contributed by atoms with van der Waals surface area (Å²) in [5.74, 6) is -0.169. The number of nitrogens with one attached hydrogen (secondary N) is 1. The van der Waals surface area contributed by atoms with Crippen LogP contribution in [0.1, 0.15) is 168 Å². The van der Waals surface area contributed by atoms with E-state index in [1.165, 1.54) is 19.3 Å². The van der Waals surface area contributed by atoms with Crippen LogP contribution in [0.4, 0.5) is 0 Å². The number of unbranched alkanes of at least 4 members (excludes halogenated alkanes) is 11. The zero-order valence-electron chi connectivity index (χ0n) is 39.3. The van der Waals surface area contributed by atoms with Crippen molar-refractivity contribution in [1.29, 1.82) is 0 Å². The molecule has 1 fully saturated rings. The summed E-state index contributed by atoms with van der Waals surface area (Å²) in [6.07, 6.45) is 55.9. The van der Waals surface area contributed by atoms with E-state index >= 15 is 0 Å². The predicted molar refractivity (Wildman–Crippen MR) is 262 cm³/mol. The van der Waals surface area contributed by atoms with Crippen LogP contribution in [0, 0.1) is 0 Å². The first kappa shape index (κ1) is 57.9. The van der Waals surface area contributed by atoms with Crippen LogP contribution < -0.4 is 5.32 Å². The minimum absolute atomic E-state index is 0.152. The number of hydrogen-bond donors (Lipinski definition) is 6. The summed E-state index contributed by atoms with van der Waals surface area (Å²) in [4.78, 5) is 12.9. The zero-order valence-corrected chi connectivity index (χ0v) is 39.3. The average molecular weight is 880 g/mol. The topological polar surface area (TPSA) is 149 Å². The third-order valence-corrected chi connectivity index (χ3v) is 10.9. The Bertz CT molecular complexity index is 1340. The Morgan fingerprint density at radius 2 is 0.984 bits per heavy atom. The highest BCUT2D eigenvalue weighted by Gasteiger charge is 2.44.